The summed E-state index contributed by atoms with van der Waals surface area (Å²) in [6.07, 6.45) is 0.868. The van der Waals surface area contributed by atoms with Crippen LogP contribution in [-0.4, -0.2) is 61.6 Å². The SMILES string of the molecule is O=C(Nc1ccccc1OCCOCCO)N[C@@H]1CCN(Cc2ccc3cc(F)ccc3c2)C1. The molecule has 1 fully saturated rings. The molecule has 4 rings (SSSR count). The number of ether oxygens (including phenoxy) is 2. The molecule has 0 spiro atoms. The van der Waals surface area contributed by atoms with E-state index in [0.717, 1.165) is 36.8 Å². The van der Waals surface area contributed by atoms with Gasteiger partial charge in [-0.1, -0.05) is 30.3 Å². The maximum absolute atomic E-state index is 13.4. The second-order valence-corrected chi connectivity index (χ2v) is 8.33. The predicted molar refractivity (Wildman–Crippen MR) is 130 cm³/mol. The molecule has 0 radical (unpaired) electrons. The van der Waals surface area contributed by atoms with E-state index in [1.54, 1.807) is 24.3 Å². The van der Waals surface area contributed by atoms with Gasteiger partial charge in [0.2, 0.25) is 0 Å². The Labute approximate surface area is 198 Å². The molecule has 1 aliphatic heterocycles. The highest BCUT2D eigenvalue weighted by atomic mass is 19.1. The van der Waals surface area contributed by atoms with E-state index in [1.807, 2.05) is 24.3 Å². The van der Waals surface area contributed by atoms with Gasteiger partial charge in [-0.05, 0) is 53.1 Å². The van der Waals surface area contributed by atoms with Crippen molar-refractivity contribution >= 4 is 22.5 Å². The zero-order valence-corrected chi connectivity index (χ0v) is 19.0. The fourth-order valence-corrected chi connectivity index (χ4v) is 4.13. The maximum Gasteiger partial charge on any atom is 0.319 e. The van der Waals surface area contributed by atoms with Crippen LogP contribution in [-0.2, 0) is 11.3 Å². The monoisotopic (exact) mass is 467 g/mol. The van der Waals surface area contributed by atoms with E-state index < -0.39 is 0 Å². The number of para-hydroxylation sites is 2. The van der Waals surface area contributed by atoms with E-state index >= 15 is 0 Å². The Bertz CT molecular complexity index is 1110. The third-order valence-corrected chi connectivity index (χ3v) is 5.74. The molecule has 3 aromatic rings. The summed E-state index contributed by atoms with van der Waals surface area (Å²) in [4.78, 5) is 14.9. The van der Waals surface area contributed by atoms with Gasteiger partial charge >= 0.3 is 6.03 Å². The summed E-state index contributed by atoms with van der Waals surface area (Å²) in [7, 11) is 0. The largest absolute Gasteiger partial charge is 0.489 e. The van der Waals surface area contributed by atoms with Crippen LogP contribution in [0.1, 0.15) is 12.0 Å². The topological polar surface area (TPSA) is 83.1 Å². The number of hydrogen-bond acceptors (Lipinski definition) is 5. The van der Waals surface area contributed by atoms with Crippen LogP contribution in [0.15, 0.2) is 60.7 Å². The number of amides is 2. The highest BCUT2D eigenvalue weighted by Gasteiger charge is 2.24. The third kappa shape index (κ3) is 6.66. The van der Waals surface area contributed by atoms with Crippen LogP contribution < -0.4 is 15.4 Å². The zero-order valence-electron chi connectivity index (χ0n) is 19.0. The van der Waals surface area contributed by atoms with Crippen LogP contribution in [0.5, 0.6) is 5.75 Å². The molecule has 0 unspecified atom stereocenters. The molecule has 7 nitrogen and oxygen atoms in total. The molecular formula is C26H30FN3O4. The molecular weight excluding hydrogens is 437 g/mol. The van der Waals surface area contributed by atoms with Crippen LogP contribution in [0.3, 0.4) is 0 Å². The summed E-state index contributed by atoms with van der Waals surface area (Å²) in [5, 5.41) is 16.6. The first kappa shape index (κ1) is 23.9. The normalized spacial score (nSPS) is 16.0. The van der Waals surface area contributed by atoms with Crippen LogP contribution in [0.2, 0.25) is 0 Å². The van der Waals surface area contributed by atoms with Crippen molar-refractivity contribution in [1.29, 1.82) is 0 Å². The standard InChI is InChI=1S/C26H30FN3O4/c27-22-8-7-20-15-19(5-6-21(20)16-22)17-30-10-9-23(18-30)28-26(32)29-24-3-1-2-4-25(24)34-14-13-33-12-11-31/h1-8,15-16,23,31H,9-14,17-18H2,(H2,28,29,32)/t23-/m1/s1. The first-order valence-electron chi connectivity index (χ1n) is 11.5. The lowest BCUT2D eigenvalue weighted by molar-refractivity contribution is 0.0707. The lowest BCUT2D eigenvalue weighted by Gasteiger charge is -2.18. The molecule has 1 aliphatic rings. The van der Waals surface area contributed by atoms with Gasteiger partial charge in [-0.25, -0.2) is 9.18 Å². The number of nitrogens with zero attached hydrogens (tertiary/aromatic N) is 1. The minimum atomic E-state index is -0.271. The molecule has 0 aromatic heterocycles. The summed E-state index contributed by atoms with van der Waals surface area (Å²) >= 11 is 0. The number of likely N-dealkylation sites (tertiary alicyclic amines) is 1. The first-order chi connectivity index (χ1) is 16.6. The number of nitrogens with one attached hydrogen (secondary N) is 2. The molecule has 2 amide bonds. The summed E-state index contributed by atoms with van der Waals surface area (Å²) in [6, 6.07) is 17.9. The Morgan fingerprint density at radius 1 is 1.06 bits per heavy atom. The second-order valence-electron chi connectivity index (χ2n) is 8.33. The second kappa shape index (κ2) is 11.8. The Kier molecular flexibility index (Phi) is 8.30. The number of carbonyl (C=O) groups is 1. The van der Waals surface area contributed by atoms with Crippen molar-refractivity contribution in [2.75, 3.05) is 44.8 Å². The van der Waals surface area contributed by atoms with Crippen molar-refractivity contribution in [2.24, 2.45) is 0 Å². The Morgan fingerprint density at radius 2 is 1.88 bits per heavy atom. The van der Waals surface area contributed by atoms with Gasteiger partial charge in [0.15, 0.2) is 0 Å². The molecule has 3 aromatic carbocycles. The minimum absolute atomic E-state index is 0.0274. The van der Waals surface area contributed by atoms with Crippen molar-refractivity contribution in [3.8, 4) is 5.75 Å². The first-order valence-corrected chi connectivity index (χ1v) is 11.5. The number of aliphatic hydroxyl groups is 1. The molecule has 0 bridgehead atoms. The molecule has 1 saturated heterocycles. The summed E-state index contributed by atoms with van der Waals surface area (Å²) in [5.74, 6) is 0.336. The van der Waals surface area contributed by atoms with Crippen LogP contribution >= 0.6 is 0 Å². The van der Waals surface area contributed by atoms with Crippen molar-refractivity contribution < 1.29 is 23.8 Å². The van der Waals surface area contributed by atoms with E-state index in [0.29, 0.717) is 24.7 Å². The smallest absolute Gasteiger partial charge is 0.319 e. The lowest BCUT2D eigenvalue weighted by atomic mass is 10.1. The molecule has 34 heavy (non-hydrogen) atoms. The van der Waals surface area contributed by atoms with Gasteiger partial charge in [-0.3, -0.25) is 4.90 Å². The molecule has 0 aliphatic carbocycles. The number of rotatable bonds is 10. The van der Waals surface area contributed by atoms with Gasteiger partial charge in [-0.2, -0.15) is 0 Å². The van der Waals surface area contributed by atoms with Crippen molar-refractivity contribution in [1.82, 2.24) is 10.2 Å². The quantitative estimate of drug-likeness (QED) is 0.396. The molecule has 1 heterocycles. The lowest BCUT2D eigenvalue weighted by Crippen LogP contribution is -2.39. The average Bonchev–Trinajstić information content (AvgIpc) is 3.26. The van der Waals surface area contributed by atoms with Gasteiger partial charge in [0, 0.05) is 25.7 Å². The number of aliphatic hydroxyl groups excluding tert-OH is 1. The van der Waals surface area contributed by atoms with Crippen LogP contribution in [0.4, 0.5) is 14.9 Å². The number of benzene rings is 3. The highest BCUT2D eigenvalue weighted by Crippen LogP contribution is 2.24. The average molecular weight is 468 g/mol. The Balaban J connectivity index is 1.25. The van der Waals surface area contributed by atoms with E-state index in [2.05, 4.69) is 21.6 Å². The van der Waals surface area contributed by atoms with Crippen molar-refractivity contribution in [3.63, 3.8) is 0 Å². The van der Waals surface area contributed by atoms with Gasteiger partial charge in [0.25, 0.3) is 0 Å². The predicted octanol–water partition coefficient (Wildman–Crippen LogP) is 3.76. The molecule has 0 saturated carbocycles. The Hall–Kier alpha value is -3.20. The number of halogens is 1. The van der Waals surface area contributed by atoms with Crippen molar-refractivity contribution in [3.05, 3.63) is 72.0 Å². The highest BCUT2D eigenvalue weighted by molar-refractivity contribution is 5.91. The Morgan fingerprint density at radius 3 is 2.76 bits per heavy atom. The third-order valence-electron chi connectivity index (χ3n) is 5.74. The molecule has 180 valence electrons. The number of hydrogen-bond donors (Lipinski definition) is 3. The van der Waals surface area contributed by atoms with Crippen molar-refractivity contribution in [2.45, 2.75) is 19.0 Å². The fraction of sp³-hybridized carbons (Fsp3) is 0.346. The van der Waals surface area contributed by atoms with E-state index in [4.69, 9.17) is 14.6 Å². The van der Waals surface area contributed by atoms with Gasteiger partial charge in [0.05, 0.1) is 25.5 Å². The van der Waals surface area contributed by atoms with Gasteiger partial charge in [-0.15, -0.1) is 0 Å². The zero-order chi connectivity index (χ0) is 23.8. The fourth-order valence-electron chi connectivity index (χ4n) is 4.13. The molecule has 1 atom stereocenters. The summed E-state index contributed by atoms with van der Waals surface area (Å²) in [5.41, 5.74) is 1.75. The maximum atomic E-state index is 13.4. The summed E-state index contributed by atoms with van der Waals surface area (Å²) < 4.78 is 24.3. The van der Waals surface area contributed by atoms with Gasteiger partial charge in [0.1, 0.15) is 18.2 Å². The number of carbonyl (C=O) groups excluding carboxylic acids is 1. The summed E-state index contributed by atoms with van der Waals surface area (Å²) in [6.45, 7) is 3.34. The van der Waals surface area contributed by atoms with E-state index in [1.165, 1.54) is 11.6 Å². The number of fused-ring (bicyclic) bond motifs is 1. The van der Waals surface area contributed by atoms with Crippen LogP contribution in [0, 0.1) is 5.82 Å². The number of urea groups is 1. The minimum Gasteiger partial charge on any atom is -0.489 e. The number of anilines is 1. The molecule has 8 heteroatoms. The van der Waals surface area contributed by atoms with Crippen LogP contribution in [0.25, 0.3) is 10.8 Å². The van der Waals surface area contributed by atoms with E-state index in [9.17, 15) is 9.18 Å². The molecule has 3 N–H and O–H groups in total. The van der Waals surface area contributed by atoms with E-state index in [-0.39, 0.29) is 31.1 Å². The van der Waals surface area contributed by atoms with Gasteiger partial charge < -0.3 is 25.2 Å².